The van der Waals surface area contributed by atoms with Crippen LogP contribution in [0, 0.1) is 10.1 Å². The summed E-state index contributed by atoms with van der Waals surface area (Å²) >= 11 is 5.88. The standard InChI is InChI=1S/C27H28ClN5O7/c1-19(31-12-10-30(11-13-31)17-20-2-8-24-25(14-20)38-18-37-24)40-32(27(34)15-28)21-3-6-23(7-4-21)39-26-9-5-22(16-29-26)33(35)36/h2-9,14,16,19H,10-13,15,17-18H2,1H3. The summed E-state index contributed by atoms with van der Waals surface area (Å²) in [6, 6.07) is 15.4. The summed E-state index contributed by atoms with van der Waals surface area (Å²) in [5, 5.41) is 12.0. The number of benzene rings is 2. The van der Waals surface area contributed by atoms with Crippen LogP contribution in [0.15, 0.2) is 60.8 Å². The Labute approximate surface area is 235 Å². The van der Waals surface area contributed by atoms with Crippen LogP contribution in [0.4, 0.5) is 11.4 Å². The van der Waals surface area contributed by atoms with E-state index in [0.717, 1.165) is 56.0 Å². The van der Waals surface area contributed by atoms with Gasteiger partial charge in [0.1, 0.15) is 24.1 Å². The first-order valence-electron chi connectivity index (χ1n) is 12.7. The second-order valence-electron chi connectivity index (χ2n) is 9.23. The first-order chi connectivity index (χ1) is 19.4. The average molecular weight is 570 g/mol. The molecule has 0 radical (unpaired) electrons. The molecule has 1 amide bonds. The van der Waals surface area contributed by atoms with Gasteiger partial charge < -0.3 is 14.2 Å². The van der Waals surface area contributed by atoms with Crippen LogP contribution < -0.4 is 19.3 Å². The fourth-order valence-electron chi connectivity index (χ4n) is 4.43. The van der Waals surface area contributed by atoms with Gasteiger partial charge in [0.15, 0.2) is 11.5 Å². The van der Waals surface area contributed by atoms with Crippen molar-refractivity contribution in [3.8, 4) is 23.1 Å². The summed E-state index contributed by atoms with van der Waals surface area (Å²) in [6.45, 7) is 6.19. The van der Waals surface area contributed by atoms with Crippen molar-refractivity contribution in [3.05, 3.63) is 76.5 Å². The van der Waals surface area contributed by atoms with E-state index >= 15 is 0 Å². The molecule has 2 aliphatic heterocycles. The van der Waals surface area contributed by atoms with Gasteiger partial charge in [0.2, 0.25) is 12.7 Å². The van der Waals surface area contributed by atoms with Crippen LogP contribution in [0.5, 0.6) is 23.1 Å². The number of carbonyl (C=O) groups is 1. The van der Waals surface area contributed by atoms with Crippen molar-refractivity contribution >= 4 is 28.9 Å². The highest BCUT2D eigenvalue weighted by Gasteiger charge is 2.26. The number of ether oxygens (including phenoxy) is 3. The summed E-state index contributed by atoms with van der Waals surface area (Å²) in [4.78, 5) is 37.5. The minimum Gasteiger partial charge on any atom is -0.454 e. The van der Waals surface area contributed by atoms with Gasteiger partial charge >= 0.3 is 0 Å². The van der Waals surface area contributed by atoms with E-state index in [4.69, 9.17) is 30.6 Å². The highest BCUT2D eigenvalue weighted by molar-refractivity contribution is 6.29. The van der Waals surface area contributed by atoms with E-state index in [1.807, 2.05) is 19.1 Å². The normalized spacial score (nSPS) is 15.9. The lowest BCUT2D eigenvalue weighted by atomic mass is 10.1. The van der Waals surface area contributed by atoms with Gasteiger partial charge in [-0.3, -0.25) is 24.7 Å². The number of halogens is 1. The summed E-state index contributed by atoms with van der Waals surface area (Å²) in [6.07, 6.45) is 0.747. The highest BCUT2D eigenvalue weighted by Crippen LogP contribution is 2.33. The van der Waals surface area contributed by atoms with Crippen LogP contribution in [0.25, 0.3) is 0 Å². The molecule has 0 spiro atoms. The van der Waals surface area contributed by atoms with Crippen molar-refractivity contribution < 1.29 is 28.8 Å². The molecule has 1 fully saturated rings. The zero-order valence-corrected chi connectivity index (χ0v) is 22.5. The predicted molar refractivity (Wildman–Crippen MR) is 146 cm³/mol. The van der Waals surface area contributed by atoms with Crippen LogP contribution in [-0.4, -0.2) is 70.7 Å². The topological polar surface area (TPSA) is 120 Å². The number of amides is 1. The molecule has 12 nitrogen and oxygen atoms in total. The number of carbonyl (C=O) groups excluding carboxylic acids is 1. The monoisotopic (exact) mass is 569 g/mol. The molecule has 2 aliphatic rings. The summed E-state index contributed by atoms with van der Waals surface area (Å²) < 4.78 is 16.5. The Kier molecular flexibility index (Phi) is 8.60. The zero-order chi connectivity index (χ0) is 28.1. The van der Waals surface area contributed by atoms with E-state index in [0.29, 0.717) is 11.4 Å². The van der Waals surface area contributed by atoms with Crippen LogP contribution >= 0.6 is 11.6 Å². The molecule has 5 rings (SSSR count). The Hall–Kier alpha value is -3.97. The van der Waals surface area contributed by atoms with Gasteiger partial charge in [-0.25, -0.2) is 9.82 Å². The van der Waals surface area contributed by atoms with Gasteiger partial charge in [-0.15, -0.1) is 11.6 Å². The van der Waals surface area contributed by atoms with Gasteiger partial charge in [-0.1, -0.05) is 6.07 Å². The number of nitro groups is 1. The molecule has 0 N–H and O–H groups in total. The molecule has 1 atom stereocenters. The fourth-order valence-corrected chi connectivity index (χ4v) is 4.54. The zero-order valence-electron chi connectivity index (χ0n) is 21.8. The molecule has 1 saturated heterocycles. The van der Waals surface area contributed by atoms with Crippen LogP contribution in [0.2, 0.25) is 0 Å². The van der Waals surface area contributed by atoms with Gasteiger partial charge in [0.05, 0.1) is 10.6 Å². The maximum absolute atomic E-state index is 12.7. The molecule has 0 bridgehead atoms. The minimum atomic E-state index is -0.532. The number of hydrogen-bond acceptors (Lipinski definition) is 10. The van der Waals surface area contributed by atoms with Gasteiger partial charge in [-0.05, 0) is 48.9 Å². The summed E-state index contributed by atoms with van der Waals surface area (Å²) in [5.74, 6) is 1.55. The van der Waals surface area contributed by atoms with Crippen molar-refractivity contribution in [3.63, 3.8) is 0 Å². The maximum Gasteiger partial charge on any atom is 0.287 e. The molecule has 0 aliphatic carbocycles. The van der Waals surface area contributed by atoms with Crippen LogP contribution in [0.1, 0.15) is 12.5 Å². The van der Waals surface area contributed by atoms with Gasteiger partial charge in [0.25, 0.3) is 11.6 Å². The Bertz CT molecular complexity index is 1330. The third-order valence-corrected chi connectivity index (χ3v) is 6.82. The molecule has 13 heteroatoms. The lowest BCUT2D eigenvalue weighted by molar-refractivity contribution is -0.385. The van der Waals surface area contributed by atoms with Crippen molar-refractivity contribution in [1.29, 1.82) is 0 Å². The second kappa shape index (κ2) is 12.5. The number of piperazine rings is 1. The number of rotatable bonds is 10. The Morgan fingerprint density at radius 1 is 1.10 bits per heavy atom. The molecule has 2 aromatic carbocycles. The maximum atomic E-state index is 12.7. The average Bonchev–Trinajstić information content (AvgIpc) is 3.45. The third kappa shape index (κ3) is 6.59. The van der Waals surface area contributed by atoms with E-state index < -0.39 is 10.8 Å². The van der Waals surface area contributed by atoms with E-state index in [2.05, 4.69) is 20.9 Å². The van der Waals surface area contributed by atoms with Gasteiger partial charge in [0, 0.05) is 44.9 Å². The highest BCUT2D eigenvalue weighted by atomic mass is 35.5. The molecule has 0 saturated carbocycles. The number of alkyl halides is 1. The molecule has 210 valence electrons. The van der Waals surface area contributed by atoms with Crippen molar-refractivity contribution in [1.82, 2.24) is 14.8 Å². The van der Waals surface area contributed by atoms with E-state index in [9.17, 15) is 14.9 Å². The lowest BCUT2D eigenvalue weighted by Crippen LogP contribution is -2.52. The number of hydroxylamine groups is 1. The molecule has 40 heavy (non-hydrogen) atoms. The fraction of sp³-hybridized carbons (Fsp3) is 0.333. The Morgan fingerprint density at radius 2 is 1.85 bits per heavy atom. The Morgan fingerprint density at radius 3 is 2.52 bits per heavy atom. The van der Waals surface area contributed by atoms with E-state index in [-0.39, 0.29) is 30.5 Å². The van der Waals surface area contributed by atoms with Crippen LogP contribution in [0.3, 0.4) is 0 Å². The molecule has 1 unspecified atom stereocenters. The first-order valence-corrected chi connectivity index (χ1v) is 13.2. The smallest absolute Gasteiger partial charge is 0.287 e. The molecular weight excluding hydrogens is 542 g/mol. The molecular formula is C27H28ClN5O7. The molecule has 3 aromatic rings. The van der Waals surface area contributed by atoms with Crippen molar-refractivity contribution in [2.75, 3.05) is 43.9 Å². The van der Waals surface area contributed by atoms with Gasteiger partial charge in [-0.2, -0.15) is 5.06 Å². The van der Waals surface area contributed by atoms with Crippen molar-refractivity contribution in [2.45, 2.75) is 19.7 Å². The summed E-state index contributed by atoms with van der Waals surface area (Å²) in [5.41, 5.74) is 1.52. The number of fused-ring (bicyclic) bond motifs is 1. The quantitative estimate of drug-likeness (QED) is 0.200. The Balaban J connectivity index is 1.16. The number of aromatic nitrogens is 1. The van der Waals surface area contributed by atoms with Crippen molar-refractivity contribution in [2.24, 2.45) is 0 Å². The second-order valence-corrected chi connectivity index (χ2v) is 9.50. The van der Waals surface area contributed by atoms with E-state index in [1.165, 1.54) is 17.2 Å². The lowest BCUT2D eigenvalue weighted by Gasteiger charge is -2.39. The number of anilines is 1. The van der Waals surface area contributed by atoms with Crippen LogP contribution in [-0.2, 0) is 16.2 Å². The molecule has 3 heterocycles. The summed E-state index contributed by atoms with van der Waals surface area (Å²) in [7, 11) is 0. The first kappa shape index (κ1) is 27.6. The number of nitrogens with zero attached hydrogens (tertiary/aromatic N) is 5. The number of hydrogen-bond donors (Lipinski definition) is 0. The largest absolute Gasteiger partial charge is 0.454 e. The third-order valence-electron chi connectivity index (χ3n) is 6.59. The number of pyridine rings is 1. The SMILES string of the molecule is CC(ON(C(=O)CCl)c1ccc(Oc2ccc([N+](=O)[O-])cn2)cc1)N1CCN(Cc2ccc3c(c2)OCO3)CC1. The predicted octanol–water partition coefficient (Wildman–Crippen LogP) is 4.18. The molecule has 1 aromatic heterocycles. The minimum absolute atomic E-state index is 0.129. The van der Waals surface area contributed by atoms with E-state index in [1.54, 1.807) is 24.3 Å².